The third-order valence-electron chi connectivity index (χ3n) is 5.96. The molecule has 0 atom stereocenters. The summed E-state index contributed by atoms with van der Waals surface area (Å²) in [4.78, 5) is 26.2. The summed E-state index contributed by atoms with van der Waals surface area (Å²) in [5, 5.41) is 9.11. The van der Waals surface area contributed by atoms with E-state index < -0.39 is 6.03 Å². The molecule has 3 heterocycles. The van der Waals surface area contributed by atoms with Crippen LogP contribution in [0, 0.1) is 6.92 Å². The van der Waals surface area contributed by atoms with E-state index in [1.165, 1.54) is 0 Å². The number of fused-ring (bicyclic) bond motifs is 1. The number of aromatic nitrogens is 4. The van der Waals surface area contributed by atoms with Gasteiger partial charge >= 0.3 is 6.03 Å². The Hall–Kier alpha value is -5.12. The molecule has 3 N–H and O–H groups in total. The summed E-state index contributed by atoms with van der Waals surface area (Å²) in [5.41, 5.74) is 5.39. The summed E-state index contributed by atoms with van der Waals surface area (Å²) in [6.45, 7) is 2.48. The predicted molar refractivity (Wildman–Crippen MR) is 147 cm³/mol. The molecule has 0 aliphatic heterocycles. The Morgan fingerprint density at radius 3 is 2.58 bits per heavy atom. The Bertz CT molecular complexity index is 1580. The number of imidazole rings is 1. The standard InChI is InChI=1S/C28H27N7O3/c1-18-13-22(25(38-3)15-24(18)37-2)34-28(36)32-21-6-4-5-20(14-21)23-17-35-12-11-30-27(35)26(33-23)31-16-19-7-9-29-10-8-19/h4-15,17H,16H2,1-3H3,(H,31,33)(H2,32,34,36). The molecular weight excluding hydrogens is 482 g/mol. The quantitative estimate of drug-likeness (QED) is 0.257. The lowest BCUT2D eigenvalue weighted by molar-refractivity contribution is 0.262. The van der Waals surface area contributed by atoms with Crippen molar-refractivity contribution in [3.8, 4) is 22.8 Å². The summed E-state index contributed by atoms with van der Waals surface area (Å²) < 4.78 is 12.7. The van der Waals surface area contributed by atoms with Crippen molar-refractivity contribution in [1.29, 1.82) is 0 Å². The number of pyridine rings is 1. The Balaban J connectivity index is 1.36. The molecule has 2 aromatic carbocycles. The molecule has 5 aromatic rings. The highest BCUT2D eigenvalue weighted by atomic mass is 16.5. The van der Waals surface area contributed by atoms with Crippen LogP contribution in [0.1, 0.15) is 11.1 Å². The molecule has 0 spiro atoms. The minimum atomic E-state index is -0.400. The first kappa shape index (κ1) is 24.6. The van der Waals surface area contributed by atoms with Crippen molar-refractivity contribution in [1.82, 2.24) is 19.4 Å². The van der Waals surface area contributed by atoms with Gasteiger partial charge in [-0.3, -0.25) is 4.98 Å². The van der Waals surface area contributed by atoms with Crippen molar-refractivity contribution in [2.45, 2.75) is 13.5 Å². The molecular formula is C28H27N7O3. The van der Waals surface area contributed by atoms with E-state index in [-0.39, 0.29) is 0 Å². The second-order valence-electron chi connectivity index (χ2n) is 8.52. The van der Waals surface area contributed by atoms with Crippen LogP contribution in [0.4, 0.5) is 22.0 Å². The molecule has 38 heavy (non-hydrogen) atoms. The Labute approximate surface area is 219 Å². The maximum Gasteiger partial charge on any atom is 0.323 e. The summed E-state index contributed by atoms with van der Waals surface area (Å²) in [6, 6.07) is 14.5. The number of nitrogens with one attached hydrogen (secondary N) is 3. The molecule has 2 amide bonds. The van der Waals surface area contributed by atoms with Crippen LogP contribution < -0.4 is 25.4 Å². The molecule has 10 heteroatoms. The molecule has 192 valence electrons. The maximum atomic E-state index is 12.8. The molecule has 0 saturated heterocycles. The zero-order valence-corrected chi connectivity index (χ0v) is 21.2. The van der Waals surface area contributed by atoms with E-state index in [1.807, 2.05) is 60.1 Å². The fraction of sp³-hybridized carbons (Fsp3) is 0.143. The lowest BCUT2D eigenvalue weighted by Crippen LogP contribution is -2.20. The van der Waals surface area contributed by atoms with E-state index in [9.17, 15) is 4.79 Å². The number of benzene rings is 2. The lowest BCUT2D eigenvalue weighted by atomic mass is 10.1. The first-order chi connectivity index (χ1) is 18.5. The normalized spacial score (nSPS) is 10.7. The number of carbonyl (C=O) groups excluding carboxylic acids is 1. The smallest absolute Gasteiger partial charge is 0.323 e. The molecule has 0 aliphatic carbocycles. The zero-order chi connectivity index (χ0) is 26.5. The summed E-state index contributed by atoms with van der Waals surface area (Å²) in [7, 11) is 3.13. The van der Waals surface area contributed by atoms with Crippen molar-refractivity contribution in [2.24, 2.45) is 0 Å². The van der Waals surface area contributed by atoms with E-state index in [0.29, 0.717) is 35.2 Å². The second-order valence-corrected chi connectivity index (χ2v) is 8.52. The van der Waals surface area contributed by atoms with Gasteiger partial charge in [0.15, 0.2) is 11.5 Å². The Morgan fingerprint density at radius 2 is 1.79 bits per heavy atom. The van der Waals surface area contributed by atoms with Gasteiger partial charge in [0.25, 0.3) is 0 Å². The Kier molecular flexibility index (Phi) is 7.03. The zero-order valence-electron chi connectivity index (χ0n) is 21.2. The van der Waals surface area contributed by atoms with Crippen LogP contribution in [0.2, 0.25) is 0 Å². The van der Waals surface area contributed by atoms with Gasteiger partial charge < -0.3 is 29.8 Å². The Morgan fingerprint density at radius 1 is 0.974 bits per heavy atom. The molecule has 3 aromatic heterocycles. The number of anilines is 3. The van der Waals surface area contributed by atoms with Crippen LogP contribution in [0.5, 0.6) is 11.5 Å². The van der Waals surface area contributed by atoms with Gasteiger partial charge in [0, 0.05) is 54.8 Å². The summed E-state index contributed by atoms with van der Waals surface area (Å²) in [6.07, 6.45) is 9.02. The fourth-order valence-electron chi connectivity index (χ4n) is 4.07. The van der Waals surface area contributed by atoms with Crippen molar-refractivity contribution in [2.75, 3.05) is 30.2 Å². The molecule has 0 saturated carbocycles. The van der Waals surface area contributed by atoms with Crippen LogP contribution >= 0.6 is 0 Å². The van der Waals surface area contributed by atoms with Crippen LogP contribution in [0.25, 0.3) is 16.9 Å². The van der Waals surface area contributed by atoms with Crippen molar-refractivity contribution >= 4 is 28.9 Å². The number of amides is 2. The van der Waals surface area contributed by atoms with Crippen molar-refractivity contribution < 1.29 is 14.3 Å². The number of rotatable bonds is 8. The van der Waals surface area contributed by atoms with E-state index in [0.717, 1.165) is 28.0 Å². The first-order valence-electron chi connectivity index (χ1n) is 11.9. The lowest BCUT2D eigenvalue weighted by Gasteiger charge is -2.15. The van der Waals surface area contributed by atoms with Gasteiger partial charge in [-0.15, -0.1) is 0 Å². The van der Waals surface area contributed by atoms with E-state index >= 15 is 0 Å². The molecule has 0 aliphatic rings. The predicted octanol–water partition coefficient (Wildman–Crippen LogP) is 5.37. The van der Waals surface area contributed by atoms with Gasteiger partial charge in [-0.2, -0.15) is 0 Å². The molecule has 0 unspecified atom stereocenters. The highest BCUT2D eigenvalue weighted by Crippen LogP contribution is 2.32. The third kappa shape index (κ3) is 5.34. The number of aryl methyl sites for hydroxylation is 1. The van der Waals surface area contributed by atoms with Gasteiger partial charge in [-0.25, -0.2) is 14.8 Å². The largest absolute Gasteiger partial charge is 0.496 e. The minimum Gasteiger partial charge on any atom is -0.496 e. The summed E-state index contributed by atoms with van der Waals surface area (Å²) in [5.74, 6) is 1.83. The van der Waals surface area contributed by atoms with Crippen LogP contribution in [-0.4, -0.2) is 39.6 Å². The molecule has 0 radical (unpaired) electrons. The number of methoxy groups -OCH3 is 2. The highest BCUT2D eigenvalue weighted by Gasteiger charge is 2.13. The minimum absolute atomic E-state index is 0.400. The topological polar surface area (TPSA) is 115 Å². The van der Waals surface area contributed by atoms with Crippen molar-refractivity contribution in [3.63, 3.8) is 0 Å². The van der Waals surface area contributed by atoms with E-state index in [2.05, 4.69) is 25.9 Å². The van der Waals surface area contributed by atoms with Gasteiger partial charge in [-0.05, 0) is 48.4 Å². The van der Waals surface area contributed by atoms with Gasteiger partial charge in [0.1, 0.15) is 11.5 Å². The maximum absolute atomic E-state index is 12.8. The second kappa shape index (κ2) is 10.9. The van der Waals surface area contributed by atoms with E-state index in [4.69, 9.17) is 14.5 Å². The molecule has 10 nitrogen and oxygen atoms in total. The van der Waals surface area contributed by atoms with Gasteiger partial charge in [0.2, 0.25) is 0 Å². The third-order valence-corrected chi connectivity index (χ3v) is 5.96. The number of urea groups is 1. The first-order valence-corrected chi connectivity index (χ1v) is 11.9. The number of ether oxygens (including phenoxy) is 2. The number of nitrogens with zero attached hydrogens (tertiary/aromatic N) is 4. The van der Waals surface area contributed by atoms with Gasteiger partial charge in [-0.1, -0.05) is 12.1 Å². The van der Waals surface area contributed by atoms with Gasteiger partial charge in [0.05, 0.1) is 25.6 Å². The van der Waals surface area contributed by atoms with Crippen LogP contribution in [-0.2, 0) is 6.54 Å². The van der Waals surface area contributed by atoms with E-state index in [1.54, 1.807) is 44.9 Å². The average molecular weight is 510 g/mol. The number of carbonyl (C=O) groups is 1. The fourth-order valence-corrected chi connectivity index (χ4v) is 4.07. The van der Waals surface area contributed by atoms with Crippen LogP contribution in [0.15, 0.2) is 79.5 Å². The number of hydrogen-bond acceptors (Lipinski definition) is 7. The molecule has 0 bridgehead atoms. The molecule has 0 fully saturated rings. The SMILES string of the molecule is COc1cc(OC)c(NC(=O)Nc2cccc(-c3cn4ccnc4c(NCc4ccncc4)n3)c2)cc1C. The number of hydrogen-bond donors (Lipinski definition) is 3. The van der Waals surface area contributed by atoms with Crippen molar-refractivity contribution in [3.05, 3.63) is 90.6 Å². The summed E-state index contributed by atoms with van der Waals surface area (Å²) >= 11 is 0. The average Bonchev–Trinajstić information content (AvgIpc) is 3.41. The highest BCUT2D eigenvalue weighted by molar-refractivity contribution is 6.01. The monoisotopic (exact) mass is 509 g/mol. The van der Waals surface area contributed by atoms with Crippen LogP contribution in [0.3, 0.4) is 0 Å². The molecule has 5 rings (SSSR count).